The van der Waals surface area contributed by atoms with E-state index >= 15 is 0 Å². The second kappa shape index (κ2) is 8.77. The Morgan fingerprint density at radius 3 is 2.31 bits per heavy atom. The lowest BCUT2D eigenvalue weighted by atomic mass is 10.2. The predicted octanol–water partition coefficient (Wildman–Crippen LogP) is 2.55. The van der Waals surface area contributed by atoms with Crippen LogP contribution in [0.2, 0.25) is 0 Å². The lowest BCUT2D eigenvalue weighted by Gasteiger charge is -2.07. The number of carbonyl (C=O) groups is 1. The summed E-state index contributed by atoms with van der Waals surface area (Å²) in [6, 6.07) is 16.7. The van der Waals surface area contributed by atoms with Gasteiger partial charge in [-0.15, -0.1) is 10.2 Å². The monoisotopic (exact) mass is 353 g/mol. The van der Waals surface area contributed by atoms with Crippen LogP contribution in [0.3, 0.4) is 0 Å². The number of nitrogens with one attached hydrogen (secondary N) is 1. The molecule has 0 spiro atoms. The van der Waals surface area contributed by atoms with Crippen LogP contribution in [0.5, 0.6) is 5.75 Å². The molecule has 1 aromatic heterocycles. The topological polar surface area (TPSA) is 86.5 Å². The molecule has 26 heavy (non-hydrogen) atoms. The Morgan fingerprint density at radius 2 is 1.65 bits per heavy atom. The molecule has 3 rings (SSSR count). The predicted molar refractivity (Wildman–Crippen MR) is 95.6 cm³/mol. The zero-order valence-corrected chi connectivity index (χ0v) is 14.3. The van der Waals surface area contributed by atoms with Gasteiger partial charge >= 0.3 is 0 Å². The van der Waals surface area contributed by atoms with E-state index in [9.17, 15) is 4.79 Å². The molecule has 134 valence electrons. The molecule has 0 bridgehead atoms. The van der Waals surface area contributed by atoms with Gasteiger partial charge in [0.25, 0.3) is 5.91 Å². The molecule has 0 saturated heterocycles. The number of hydrogen-bond donors (Lipinski definition) is 1. The van der Waals surface area contributed by atoms with Gasteiger partial charge in [0, 0.05) is 24.8 Å². The summed E-state index contributed by atoms with van der Waals surface area (Å²) in [5, 5.41) is 10.8. The van der Waals surface area contributed by atoms with Crippen molar-refractivity contribution in [2.45, 2.75) is 0 Å². The minimum atomic E-state index is -0.199. The molecule has 1 heterocycles. The van der Waals surface area contributed by atoms with E-state index in [-0.39, 0.29) is 12.5 Å². The van der Waals surface area contributed by atoms with Crippen LogP contribution in [0.4, 0.5) is 0 Å². The average molecular weight is 353 g/mol. The molecule has 0 aliphatic carbocycles. The van der Waals surface area contributed by atoms with E-state index in [0.29, 0.717) is 30.7 Å². The van der Waals surface area contributed by atoms with Crippen molar-refractivity contribution >= 4 is 5.91 Å². The van der Waals surface area contributed by atoms with Gasteiger partial charge in [0.2, 0.25) is 11.8 Å². The molecule has 0 aliphatic heterocycles. The first-order valence-corrected chi connectivity index (χ1v) is 8.14. The zero-order valence-electron chi connectivity index (χ0n) is 14.3. The minimum absolute atomic E-state index is 0.0538. The third-order valence-electron chi connectivity index (χ3n) is 3.55. The maximum atomic E-state index is 11.6. The van der Waals surface area contributed by atoms with Gasteiger partial charge in [0.05, 0.1) is 6.61 Å². The van der Waals surface area contributed by atoms with Crippen molar-refractivity contribution in [3.8, 4) is 28.7 Å². The first-order valence-electron chi connectivity index (χ1n) is 8.14. The highest BCUT2D eigenvalue weighted by Crippen LogP contribution is 2.25. The van der Waals surface area contributed by atoms with Crippen LogP contribution in [-0.4, -0.2) is 43.0 Å². The zero-order chi connectivity index (χ0) is 18.2. The van der Waals surface area contributed by atoms with E-state index in [1.165, 1.54) is 0 Å². The minimum Gasteiger partial charge on any atom is -0.484 e. The fraction of sp³-hybridized carbons (Fsp3) is 0.211. The van der Waals surface area contributed by atoms with Gasteiger partial charge in [-0.25, -0.2) is 0 Å². The van der Waals surface area contributed by atoms with Crippen LogP contribution in [-0.2, 0) is 9.53 Å². The summed E-state index contributed by atoms with van der Waals surface area (Å²) in [7, 11) is 1.58. The largest absolute Gasteiger partial charge is 0.484 e. The SMILES string of the molecule is COCCNC(=O)COc1ccc(-c2nnc(-c3ccccc3)o2)cc1. The van der Waals surface area contributed by atoms with Gasteiger partial charge in [-0.05, 0) is 36.4 Å². The molecule has 7 nitrogen and oxygen atoms in total. The lowest BCUT2D eigenvalue weighted by Crippen LogP contribution is -2.31. The van der Waals surface area contributed by atoms with Crippen molar-refractivity contribution in [3.63, 3.8) is 0 Å². The van der Waals surface area contributed by atoms with Gasteiger partial charge in [0.1, 0.15) is 5.75 Å². The number of hydrogen-bond acceptors (Lipinski definition) is 6. The molecule has 0 saturated carbocycles. The second-order valence-corrected chi connectivity index (χ2v) is 5.43. The third kappa shape index (κ3) is 4.67. The number of methoxy groups -OCH3 is 1. The van der Waals surface area contributed by atoms with Crippen molar-refractivity contribution in [1.29, 1.82) is 0 Å². The maximum absolute atomic E-state index is 11.6. The first-order chi connectivity index (χ1) is 12.8. The summed E-state index contributed by atoms with van der Waals surface area (Å²) in [6.07, 6.45) is 0. The molecular weight excluding hydrogens is 334 g/mol. The van der Waals surface area contributed by atoms with Gasteiger partial charge in [-0.3, -0.25) is 4.79 Å². The van der Waals surface area contributed by atoms with Crippen molar-refractivity contribution in [2.24, 2.45) is 0 Å². The van der Waals surface area contributed by atoms with Crippen LogP contribution in [0, 0.1) is 0 Å². The Morgan fingerprint density at radius 1 is 1.00 bits per heavy atom. The highest BCUT2D eigenvalue weighted by Gasteiger charge is 2.10. The number of aromatic nitrogens is 2. The summed E-state index contributed by atoms with van der Waals surface area (Å²) < 4.78 is 16.0. The Labute approximate surface area is 151 Å². The van der Waals surface area contributed by atoms with Crippen molar-refractivity contribution in [2.75, 3.05) is 26.9 Å². The molecule has 0 unspecified atom stereocenters. The molecule has 0 fully saturated rings. The fourth-order valence-electron chi connectivity index (χ4n) is 2.22. The van der Waals surface area contributed by atoms with Crippen LogP contribution in [0.15, 0.2) is 59.0 Å². The van der Waals surface area contributed by atoms with Crippen molar-refractivity contribution in [1.82, 2.24) is 15.5 Å². The van der Waals surface area contributed by atoms with Gasteiger partial charge in [0.15, 0.2) is 6.61 Å². The highest BCUT2D eigenvalue weighted by atomic mass is 16.5. The van der Waals surface area contributed by atoms with Crippen molar-refractivity contribution < 1.29 is 18.7 Å². The highest BCUT2D eigenvalue weighted by molar-refractivity contribution is 5.77. The van der Waals surface area contributed by atoms with Gasteiger partial charge in [-0.1, -0.05) is 18.2 Å². The molecule has 0 aliphatic rings. The smallest absolute Gasteiger partial charge is 0.258 e. The summed E-state index contributed by atoms with van der Waals surface area (Å²) in [6.45, 7) is 0.871. The van der Waals surface area contributed by atoms with Gasteiger partial charge < -0.3 is 19.2 Å². The van der Waals surface area contributed by atoms with Crippen LogP contribution in [0.1, 0.15) is 0 Å². The number of carbonyl (C=O) groups excluding carboxylic acids is 1. The molecule has 3 aromatic rings. The van der Waals surface area contributed by atoms with Crippen LogP contribution < -0.4 is 10.1 Å². The van der Waals surface area contributed by atoms with E-state index < -0.39 is 0 Å². The van der Waals surface area contributed by atoms with Crippen LogP contribution >= 0.6 is 0 Å². The van der Waals surface area contributed by atoms with E-state index in [0.717, 1.165) is 11.1 Å². The number of ether oxygens (including phenoxy) is 2. The molecule has 1 amide bonds. The summed E-state index contributed by atoms with van der Waals surface area (Å²) in [4.78, 5) is 11.6. The molecule has 0 radical (unpaired) electrons. The lowest BCUT2D eigenvalue weighted by molar-refractivity contribution is -0.123. The number of benzene rings is 2. The van der Waals surface area contributed by atoms with E-state index in [1.807, 2.05) is 30.3 Å². The standard InChI is InChI=1S/C19H19N3O4/c1-24-12-11-20-17(23)13-25-16-9-7-15(8-10-16)19-22-21-18(26-19)14-5-3-2-4-6-14/h2-10H,11-13H2,1H3,(H,20,23). The molecular formula is C19H19N3O4. The van der Waals surface area contributed by atoms with E-state index in [1.54, 1.807) is 31.4 Å². The Hall–Kier alpha value is -3.19. The summed E-state index contributed by atoms with van der Waals surface area (Å²) in [5.74, 6) is 1.27. The molecule has 0 atom stereocenters. The summed E-state index contributed by atoms with van der Waals surface area (Å²) in [5.41, 5.74) is 1.64. The first kappa shape index (κ1) is 17.6. The van der Waals surface area contributed by atoms with E-state index in [2.05, 4.69) is 15.5 Å². The number of amides is 1. The number of rotatable bonds is 8. The Balaban J connectivity index is 1.58. The average Bonchev–Trinajstić information content (AvgIpc) is 3.18. The van der Waals surface area contributed by atoms with Crippen LogP contribution in [0.25, 0.3) is 22.9 Å². The second-order valence-electron chi connectivity index (χ2n) is 5.43. The molecule has 2 aromatic carbocycles. The quantitative estimate of drug-likeness (QED) is 0.626. The van der Waals surface area contributed by atoms with Crippen molar-refractivity contribution in [3.05, 3.63) is 54.6 Å². The van der Waals surface area contributed by atoms with Gasteiger partial charge in [-0.2, -0.15) is 0 Å². The fourth-order valence-corrected chi connectivity index (χ4v) is 2.22. The molecule has 1 N–H and O–H groups in total. The number of nitrogens with zero attached hydrogens (tertiary/aromatic N) is 2. The Bertz CT molecular complexity index is 832. The maximum Gasteiger partial charge on any atom is 0.258 e. The normalized spacial score (nSPS) is 10.5. The summed E-state index contributed by atoms with van der Waals surface area (Å²) >= 11 is 0. The van der Waals surface area contributed by atoms with E-state index in [4.69, 9.17) is 13.9 Å². The third-order valence-corrected chi connectivity index (χ3v) is 3.55. The Kier molecular flexibility index (Phi) is 5.95. The molecule has 7 heteroatoms.